The van der Waals surface area contributed by atoms with Crippen LogP contribution in [0.4, 0.5) is 5.69 Å². The highest BCUT2D eigenvalue weighted by molar-refractivity contribution is 6.03. The number of anilines is 1. The summed E-state index contributed by atoms with van der Waals surface area (Å²) in [5, 5.41) is 3.82. The summed E-state index contributed by atoms with van der Waals surface area (Å²) in [5.41, 5.74) is 4.79. The fraction of sp³-hybridized carbons (Fsp3) is 0.250. The Labute approximate surface area is 151 Å². The second-order valence-electron chi connectivity index (χ2n) is 6.51. The minimum absolute atomic E-state index is 0.0693. The molecule has 1 amide bonds. The number of fused-ring (bicyclic) bond motifs is 1. The molecular formula is C20H20N4O2. The summed E-state index contributed by atoms with van der Waals surface area (Å²) < 4.78 is 5.86. The Kier molecular flexibility index (Phi) is 4.26. The van der Waals surface area contributed by atoms with Gasteiger partial charge in [-0.2, -0.15) is 0 Å². The van der Waals surface area contributed by atoms with Crippen molar-refractivity contribution in [1.82, 2.24) is 15.0 Å². The quantitative estimate of drug-likeness (QED) is 0.699. The van der Waals surface area contributed by atoms with Gasteiger partial charge in [0.2, 0.25) is 0 Å². The minimum atomic E-state index is -0.198. The maximum Gasteiger partial charge on any atom is 0.250 e. The number of rotatable bonds is 4. The monoisotopic (exact) mass is 348 g/mol. The SMILES string of the molecule is C=C(C)C(=O)Nc1cccc(-c2ncnc3[nH]cc(C4CCCO4)c23)c1. The van der Waals surface area contributed by atoms with Crippen molar-refractivity contribution in [2.24, 2.45) is 0 Å². The standard InChI is InChI=1S/C20H20N4O2/c1-12(2)20(25)24-14-6-3-5-13(9-14)18-17-15(16-7-4-8-26-16)10-21-19(17)23-11-22-18/h3,5-6,9-11,16H,1,4,7-8H2,2H3,(H,24,25)(H,21,22,23). The molecule has 6 nitrogen and oxygen atoms in total. The van der Waals surface area contributed by atoms with Gasteiger partial charge in [-0.1, -0.05) is 18.7 Å². The van der Waals surface area contributed by atoms with E-state index in [9.17, 15) is 4.79 Å². The fourth-order valence-corrected chi connectivity index (χ4v) is 3.26. The van der Waals surface area contributed by atoms with Crippen molar-refractivity contribution in [2.45, 2.75) is 25.9 Å². The van der Waals surface area contributed by atoms with E-state index >= 15 is 0 Å². The Hall–Kier alpha value is -2.99. The van der Waals surface area contributed by atoms with Crippen molar-refractivity contribution >= 4 is 22.6 Å². The summed E-state index contributed by atoms with van der Waals surface area (Å²) in [5.74, 6) is -0.198. The third-order valence-corrected chi connectivity index (χ3v) is 4.56. The van der Waals surface area contributed by atoms with Gasteiger partial charge < -0.3 is 15.0 Å². The van der Waals surface area contributed by atoms with Crippen LogP contribution < -0.4 is 5.32 Å². The van der Waals surface area contributed by atoms with E-state index in [-0.39, 0.29) is 12.0 Å². The molecule has 1 atom stereocenters. The van der Waals surface area contributed by atoms with Crippen LogP contribution in [0.15, 0.2) is 48.9 Å². The first-order valence-corrected chi connectivity index (χ1v) is 8.64. The number of carbonyl (C=O) groups excluding carboxylic acids is 1. The zero-order valence-electron chi connectivity index (χ0n) is 14.6. The maximum atomic E-state index is 11.9. The van der Waals surface area contributed by atoms with Crippen LogP contribution in [0.25, 0.3) is 22.3 Å². The molecule has 1 aromatic carbocycles. The van der Waals surface area contributed by atoms with Crippen molar-refractivity contribution in [3.63, 3.8) is 0 Å². The van der Waals surface area contributed by atoms with Gasteiger partial charge in [-0.05, 0) is 31.9 Å². The summed E-state index contributed by atoms with van der Waals surface area (Å²) in [7, 11) is 0. The first-order chi connectivity index (χ1) is 12.6. The molecule has 2 aromatic heterocycles. The van der Waals surface area contributed by atoms with Crippen molar-refractivity contribution in [1.29, 1.82) is 0 Å². The van der Waals surface area contributed by atoms with Crippen molar-refractivity contribution in [3.8, 4) is 11.3 Å². The summed E-state index contributed by atoms with van der Waals surface area (Å²) in [4.78, 5) is 24.0. The normalized spacial score (nSPS) is 16.7. The van der Waals surface area contributed by atoms with E-state index in [2.05, 4.69) is 26.8 Å². The number of amides is 1. The lowest BCUT2D eigenvalue weighted by atomic mass is 10.0. The van der Waals surface area contributed by atoms with E-state index in [1.807, 2.05) is 30.5 Å². The van der Waals surface area contributed by atoms with Crippen molar-refractivity contribution in [2.75, 3.05) is 11.9 Å². The van der Waals surface area contributed by atoms with Gasteiger partial charge in [0.1, 0.15) is 12.0 Å². The van der Waals surface area contributed by atoms with Crippen LogP contribution in [0.3, 0.4) is 0 Å². The van der Waals surface area contributed by atoms with Crippen LogP contribution in [0.1, 0.15) is 31.4 Å². The van der Waals surface area contributed by atoms with Crippen LogP contribution >= 0.6 is 0 Å². The summed E-state index contributed by atoms with van der Waals surface area (Å²) in [6.07, 6.45) is 5.64. The average Bonchev–Trinajstić information content (AvgIpc) is 3.30. The molecule has 3 aromatic rings. The number of nitrogens with zero attached hydrogens (tertiary/aromatic N) is 2. The van der Waals surface area contributed by atoms with E-state index in [1.165, 1.54) is 0 Å². The first-order valence-electron chi connectivity index (χ1n) is 8.64. The van der Waals surface area contributed by atoms with Crippen LogP contribution in [0.2, 0.25) is 0 Å². The second kappa shape index (κ2) is 6.72. The number of hydrogen-bond donors (Lipinski definition) is 2. The molecule has 26 heavy (non-hydrogen) atoms. The molecule has 0 aliphatic carbocycles. The van der Waals surface area contributed by atoms with E-state index in [0.29, 0.717) is 11.3 Å². The molecule has 1 aliphatic heterocycles. The largest absolute Gasteiger partial charge is 0.373 e. The van der Waals surface area contributed by atoms with Gasteiger partial charge in [0, 0.05) is 35.2 Å². The zero-order chi connectivity index (χ0) is 18.1. The molecule has 6 heteroatoms. The van der Waals surface area contributed by atoms with Gasteiger partial charge >= 0.3 is 0 Å². The molecule has 4 rings (SSSR count). The molecule has 2 N–H and O–H groups in total. The summed E-state index contributed by atoms with van der Waals surface area (Å²) >= 11 is 0. The molecule has 1 saturated heterocycles. The topological polar surface area (TPSA) is 79.9 Å². The molecule has 0 saturated carbocycles. The number of ether oxygens (including phenoxy) is 1. The number of hydrogen-bond acceptors (Lipinski definition) is 4. The smallest absolute Gasteiger partial charge is 0.250 e. The number of aromatic nitrogens is 3. The molecular weight excluding hydrogens is 328 g/mol. The third-order valence-electron chi connectivity index (χ3n) is 4.56. The third kappa shape index (κ3) is 2.99. The highest BCUT2D eigenvalue weighted by atomic mass is 16.5. The fourth-order valence-electron chi connectivity index (χ4n) is 3.26. The van der Waals surface area contributed by atoms with Gasteiger partial charge in [-0.25, -0.2) is 9.97 Å². The average molecular weight is 348 g/mol. The highest BCUT2D eigenvalue weighted by Gasteiger charge is 2.23. The Balaban J connectivity index is 1.78. The van der Waals surface area contributed by atoms with Gasteiger partial charge in [0.05, 0.1) is 17.2 Å². The Morgan fingerprint density at radius 1 is 1.38 bits per heavy atom. The van der Waals surface area contributed by atoms with Gasteiger partial charge in [-0.3, -0.25) is 4.79 Å². The summed E-state index contributed by atoms with van der Waals surface area (Å²) in [6, 6.07) is 7.63. The molecule has 0 radical (unpaired) electrons. The molecule has 0 spiro atoms. The Bertz CT molecular complexity index is 986. The van der Waals surface area contributed by atoms with Gasteiger partial charge in [0.15, 0.2) is 0 Å². The summed E-state index contributed by atoms with van der Waals surface area (Å²) in [6.45, 7) is 6.13. The van der Waals surface area contributed by atoms with E-state index in [0.717, 1.165) is 47.3 Å². The lowest BCUT2D eigenvalue weighted by Gasteiger charge is -2.11. The van der Waals surface area contributed by atoms with Crippen LogP contribution in [0, 0.1) is 0 Å². The highest BCUT2D eigenvalue weighted by Crippen LogP contribution is 2.37. The van der Waals surface area contributed by atoms with Gasteiger partial charge in [-0.15, -0.1) is 0 Å². The number of aromatic amines is 1. The first kappa shape index (κ1) is 16.5. The molecule has 1 unspecified atom stereocenters. The zero-order valence-corrected chi connectivity index (χ0v) is 14.6. The lowest BCUT2D eigenvalue weighted by Crippen LogP contribution is -2.11. The van der Waals surface area contributed by atoms with Crippen molar-refractivity contribution in [3.05, 3.63) is 54.5 Å². The number of carbonyl (C=O) groups is 1. The van der Waals surface area contributed by atoms with E-state index in [1.54, 1.807) is 13.3 Å². The minimum Gasteiger partial charge on any atom is -0.373 e. The van der Waals surface area contributed by atoms with Crippen LogP contribution in [0.5, 0.6) is 0 Å². The van der Waals surface area contributed by atoms with Crippen LogP contribution in [-0.4, -0.2) is 27.5 Å². The molecule has 0 bridgehead atoms. The van der Waals surface area contributed by atoms with Gasteiger partial charge in [0.25, 0.3) is 5.91 Å². The predicted octanol–water partition coefficient (Wildman–Crippen LogP) is 3.99. The lowest BCUT2D eigenvalue weighted by molar-refractivity contribution is -0.112. The number of nitrogens with one attached hydrogen (secondary N) is 2. The van der Waals surface area contributed by atoms with Crippen molar-refractivity contribution < 1.29 is 9.53 Å². The van der Waals surface area contributed by atoms with E-state index < -0.39 is 0 Å². The molecule has 1 fully saturated rings. The predicted molar refractivity (Wildman–Crippen MR) is 101 cm³/mol. The second-order valence-corrected chi connectivity index (χ2v) is 6.51. The Morgan fingerprint density at radius 2 is 2.27 bits per heavy atom. The molecule has 132 valence electrons. The maximum absolute atomic E-state index is 11.9. The van der Waals surface area contributed by atoms with Crippen LogP contribution in [-0.2, 0) is 9.53 Å². The Morgan fingerprint density at radius 3 is 3.04 bits per heavy atom. The van der Waals surface area contributed by atoms with E-state index in [4.69, 9.17) is 4.74 Å². The molecule has 3 heterocycles. The molecule has 1 aliphatic rings. The number of H-pyrrole nitrogens is 1. The number of benzene rings is 1.